The van der Waals surface area contributed by atoms with Gasteiger partial charge in [0.15, 0.2) is 14.8 Å². The van der Waals surface area contributed by atoms with E-state index in [9.17, 15) is 26.4 Å². The number of alkyl halides is 3. The van der Waals surface area contributed by atoms with Gasteiger partial charge in [0.05, 0.1) is 21.8 Å². The second kappa shape index (κ2) is 9.11. The van der Waals surface area contributed by atoms with Crippen LogP contribution in [0.25, 0.3) is 16.3 Å². The fourth-order valence-corrected chi connectivity index (χ4v) is 4.13. The number of aromatic nitrogens is 2. The zero-order chi connectivity index (χ0) is 24.4. The van der Waals surface area contributed by atoms with Gasteiger partial charge in [-0.1, -0.05) is 35.6 Å². The van der Waals surface area contributed by atoms with Crippen LogP contribution in [0.3, 0.4) is 0 Å². The molecule has 0 aliphatic carbocycles. The molecular formula is C20H15F3N4O4S2. The number of para-hydroxylation sites is 1. The molecule has 0 atom stereocenters. The summed E-state index contributed by atoms with van der Waals surface area (Å²) >= 11 is 0.881. The van der Waals surface area contributed by atoms with E-state index in [0.29, 0.717) is 5.56 Å². The third kappa shape index (κ3) is 5.81. The number of halogens is 3. The summed E-state index contributed by atoms with van der Waals surface area (Å²) in [4.78, 5) is 11.2. The smallest absolute Gasteiger partial charge is 0.418 e. The zero-order valence-corrected chi connectivity index (χ0v) is 18.3. The molecule has 1 heterocycles. The maximum atomic E-state index is 13.4. The summed E-state index contributed by atoms with van der Waals surface area (Å²) in [6, 6.07) is 10.4. The summed E-state index contributed by atoms with van der Waals surface area (Å²) in [5, 5.41) is 27.2. The SMILES string of the molecule is CS(=O)(=O)c1cccc(-c2nnc(/C(=C/C(=N)C(=O)O)Nc3ccccc3C(F)(F)F)s2)c1. The number of aliphatic carboxylic acids is 1. The van der Waals surface area contributed by atoms with Crippen molar-refractivity contribution in [2.24, 2.45) is 0 Å². The van der Waals surface area contributed by atoms with Crippen molar-refractivity contribution in [1.29, 1.82) is 5.41 Å². The Hall–Kier alpha value is -3.58. The molecule has 0 aliphatic heterocycles. The van der Waals surface area contributed by atoms with Crippen LogP contribution in [0.4, 0.5) is 18.9 Å². The number of nitrogens with one attached hydrogen (secondary N) is 2. The van der Waals surface area contributed by atoms with Crippen LogP contribution in [-0.2, 0) is 20.8 Å². The first kappa shape index (κ1) is 24.1. The number of carboxylic acid groups (broad SMARTS) is 1. The fourth-order valence-electron chi connectivity index (χ4n) is 2.65. The Kier molecular flexibility index (Phi) is 6.65. The van der Waals surface area contributed by atoms with E-state index in [4.69, 9.17) is 10.5 Å². The number of carboxylic acids is 1. The van der Waals surface area contributed by atoms with Gasteiger partial charge in [-0.05, 0) is 30.3 Å². The van der Waals surface area contributed by atoms with Crippen LogP contribution in [-0.4, -0.2) is 41.7 Å². The molecule has 0 amide bonds. The van der Waals surface area contributed by atoms with Crippen molar-refractivity contribution in [3.05, 3.63) is 65.2 Å². The molecule has 172 valence electrons. The molecule has 0 aliphatic rings. The maximum absolute atomic E-state index is 13.4. The lowest BCUT2D eigenvalue weighted by Crippen LogP contribution is -2.13. The first-order valence-corrected chi connectivity index (χ1v) is 11.7. The molecular weight excluding hydrogens is 481 g/mol. The van der Waals surface area contributed by atoms with E-state index in [1.54, 1.807) is 6.07 Å². The molecule has 1 aromatic heterocycles. The van der Waals surface area contributed by atoms with Crippen molar-refractivity contribution in [2.75, 3.05) is 11.6 Å². The predicted octanol–water partition coefficient (Wildman–Crippen LogP) is 4.18. The van der Waals surface area contributed by atoms with Crippen molar-refractivity contribution >= 4 is 44.2 Å². The molecule has 3 rings (SSSR count). The highest BCUT2D eigenvalue weighted by Crippen LogP contribution is 2.36. The molecule has 2 aromatic carbocycles. The predicted molar refractivity (Wildman–Crippen MR) is 117 cm³/mol. The average molecular weight is 496 g/mol. The summed E-state index contributed by atoms with van der Waals surface area (Å²) in [5.41, 5.74) is -2.06. The highest BCUT2D eigenvalue weighted by atomic mass is 32.2. The van der Waals surface area contributed by atoms with Crippen LogP contribution in [0.15, 0.2) is 59.5 Å². The van der Waals surface area contributed by atoms with Gasteiger partial charge >= 0.3 is 12.1 Å². The van der Waals surface area contributed by atoms with E-state index in [2.05, 4.69) is 15.5 Å². The molecule has 8 nitrogen and oxygen atoms in total. The van der Waals surface area contributed by atoms with Gasteiger partial charge in [0.2, 0.25) is 0 Å². The lowest BCUT2D eigenvalue weighted by Gasteiger charge is -2.15. The highest BCUT2D eigenvalue weighted by molar-refractivity contribution is 7.90. The third-order valence-electron chi connectivity index (χ3n) is 4.19. The minimum atomic E-state index is -4.69. The molecule has 33 heavy (non-hydrogen) atoms. The molecule has 0 fully saturated rings. The van der Waals surface area contributed by atoms with Crippen LogP contribution >= 0.6 is 11.3 Å². The van der Waals surface area contributed by atoms with Crippen LogP contribution in [0.2, 0.25) is 0 Å². The van der Waals surface area contributed by atoms with Gasteiger partial charge in [-0.25, -0.2) is 13.2 Å². The van der Waals surface area contributed by atoms with Gasteiger partial charge in [-0.2, -0.15) is 13.2 Å². The number of hydrogen-bond acceptors (Lipinski definition) is 8. The molecule has 0 unspecified atom stereocenters. The Bertz CT molecular complexity index is 1370. The van der Waals surface area contributed by atoms with E-state index in [0.717, 1.165) is 35.8 Å². The van der Waals surface area contributed by atoms with E-state index >= 15 is 0 Å². The van der Waals surface area contributed by atoms with Crippen LogP contribution in [0.1, 0.15) is 10.6 Å². The number of benzene rings is 2. The van der Waals surface area contributed by atoms with Gasteiger partial charge in [0.25, 0.3) is 0 Å². The van der Waals surface area contributed by atoms with Crippen molar-refractivity contribution in [1.82, 2.24) is 10.2 Å². The van der Waals surface area contributed by atoms with Crippen molar-refractivity contribution in [3.8, 4) is 10.6 Å². The molecule has 0 spiro atoms. The number of anilines is 1. The quantitative estimate of drug-likeness (QED) is 0.418. The maximum Gasteiger partial charge on any atom is 0.418 e. The van der Waals surface area contributed by atoms with Gasteiger partial charge in [0.1, 0.15) is 10.7 Å². The standard InChI is InChI=1S/C20H15F3N4O4S2/c1-33(30,31)12-6-4-5-11(9-12)17-26-27-18(32-17)16(10-14(24)19(28)29)25-15-8-3-2-7-13(15)20(21,22)23/h2-10,24-25H,1H3,(H,28,29)/b16-10-,24-14?. The number of hydrogen-bond donors (Lipinski definition) is 3. The van der Waals surface area contributed by atoms with E-state index < -0.39 is 33.3 Å². The van der Waals surface area contributed by atoms with E-state index in [1.807, 2.05) is 0 Å². The Morgan fingerprint density at radius 2 is 1.85 bits per heavy atom. The van der Waals surface area contributed by atoms with Crippen molar-refractivity contribution < 1.29 is 31.5 Å². The highest BCUT2D eigenvalue weighted by Gasteiger charge is 2.33. The summed E-state index contributed by atoms with van der Waals surface area (Å²) in [7, 11) is -3.49. The third-order valence-corrected chi connectivity index (χ3v) is 6.30. The van der Waals surface area contributed by atoms with Crippen LogP contribution in [0.5, 0.6) is 0 Å². The Morgan fingerprint density at radius 3 is 2.48 bits per heavy atom. The van der Waals surface area contributed by atoms with Gasteiger partial charge in [-0.15, -0.1) is 10.2 Å². The zero-order valence-electron chi connectivity index (χ0n) is 16.7. The Balaban J connectivity index is 2.06. The first-order chi connectivity index (χ1) is 15.4. The topological polar surface area (TPSA) is 133 Å². The second-order valence-corrected chi connectivity index (χ2v) is 9.65. The number of carbonyl (C=O) groups is 1. The average Bonchev–Trinajstić information content (AvgIpc) is 3.22. The molecule has 0 saturated heterocycles. The van der Waals surface area contributed by atoms with Crippen molar-refractivity contribution in [3.63, 3.8) is 0 Å². The summed E-state index contributed by atoms with van der Waals surface area (Å²) in [5.74, 6) is -1.59. The monoisotopic (exact) mass is 496 g/mol. The summed E-state index contributed by atoms with van der Waals surface area (Å²) < 4.78 is 63.8. The Morgan fingerprint density at radius 1 is 1.15 bits per heavy atom. The lowest BCUT2D eigenvalue weighted by atomic mass is 10.1. The summed E-state index contributed by atoms with van der Waals surface area (Å²) in [6.07, 6.45) is -2.82. The number of sulfone groups is 1. The van der Waals surface area contributed by atoms with Crippen LogP contribution < -0.4 is 5.32 Å². The van der Waals surface area contributed by atoms with Gasteiger partial charge in [-0.3, -0.25) is 5.41 Å². The van der Waals surface area contributed by atoms with E-state index in [-0.39, 0.29) is 26.3 Å². The molecule has 0 bridgehead atoms. The molecule has 0 saturated carbocycles. The minimum absolute atomic E-state index is 0.00210. The van der Waals surface area contributed by atoms with Crippen molar-refractivity contribution in [2.45, 2.75) is 11.1 Å². The number of rotatable bonds is 7. The lowest BCUT2D eigenvalue weighted by molar-refractivity contribution is -0.137. The van der Waals surface area contributed by atoms with E-state index in [1.165, 1.54) is 30.3 Å². The molecule has 13 heteroatoms. The number of nitrogens with zero attached hydrogens (tertiary/aromatic N) is 2. The Labute approximate surface area is 189 Å². The molecule has 3 aromatic rings. The first-order valence-electron chi connectivity index (χ1n) is 8.97. The molecule has 3 N–H and O–H groups in total. The minimum Gasteiger partial charge on any atom is -0.477 e. The van der Waals surface area contributed by atoms with Gasteiger partial charge in [0, 0.05) is 11.8 Å². The van der Waals surface area contributed by atoms with Gasteiger partial charge < -0.3 is 10.4 Å². The largest absolute Gasteiger partial charge is 0.477 e. The molecule has 0 radical (unpaired) electrons. The normalized spacial score (nSPS) is 12.4. The fraction of sp³-hybridized carbons (Fsp3) is 0.100. The second-order valence-electron chi connectivity index (χ2n) is 6.66. The van der Waals surface area contributed by atoms with Crippen LogP contribution in [0, 0.1) is 5.41 Å². The summed E-state index contributed by atoms with van der Waals surface area (Å²) in [6.45, 7) is 0.